The summed E-state index contributed by atoms with van der Waals surface area (Å²) in [5.74, 6) is 1.48. The summed E-state index contributed by atoms with van der Waals surface area (Å²) in [6.45, 7) is 3.64. The van der Waals surface area contributed by atoms with E-state index in [9.17, 15) is 0 Å². The molecule has 0 aromatic heterocycles. The van der Waals surface area contributed by atoms with Crippen molar-refractivity contribution < 1.29 is 4.74 Å². The Morgan fingerprint density at radius 1 is 1.20 bits per heavy atom. The van der Waals surface area contributed by atoms with Gasteiger partial charge < -0.3 is 9.64 Å². The predicted molar refractivity (Wildman–Crippen MR) is 80.2 cm³/mol. The average molecular weight is 266 g/mol. The third kappa shape index (κ3) is 2.27. The number of amidine groups is 1. The quantitative estimate of drug-likeness (QED) is 0.925. The van der Waals surface area contributed by atoms with E-state index in [1.54, 1.807) is 7.11 Å². The third-order valence-corrected chi connectivity index (χ3v) is 3.70. The van der Waals surface area contributed by atoms with Crippen molar-refractivity contribution in [1.82, 2.24) is 4.90 Å². The van der Waals surface area contributed by atoms with Gasteiger partial charge in [0.05, 0.1) is 7.11 Å². The highest BCUT2D eigenvalue weighted by Crippen LogP contribution is 2.26. The predicted octanol–water partition coefficient (Wildman–Crippen LogP) is 3.34. The van der Waals surface area contributed by atoms with Crippen molar-refractivity contribution in [2.45, 2.75) is 20.0 Å². The fourth-order valence-electron chi connectivity index (χ4n) is 2.67. The van der Waals surface area contributed by atoms with E-state index < -0.39 is 0 Å². The van der Waals surface area contributed by atoms with Crippen LogP contribution < -0.4 is 4.74 Å². The second-order valence-electron chi connectivity index (χ2n) is 5.22. The molecule has 0 aliphatic carbocycles. The van der Waals surface area contributed by atoms with E-state index in [0.29, 0.717) is 5.84 Å². The molecule has 1 heterocycles. The molecule has 0 fully saturated rings. The highest BCUT2D eigenvalue weighted by atomic mass is 16.5. The second kappa shape index (κ2) is 5.00. The van der Waals surface area contributed by atoms with Gasteiger partial charge in [-0.25, -0.2) is 0 Å². The topological polar surface area (TPSA) is 36.3 Å². The number of ether oxygens (including phenoxy) is 1. The molecule has 0 saturated carbocycles. The third-order valence-electron chi connectivity index (χ3n) is 3.70. The summed E-state index contributed by atoms with van der Waals surface area (Å²) >= 11 is 0. The minimum Gasteiger partial charge on any atom is -0.497 e. The van der Waals surface area contributed by atoms with Gasteiger partial charge in [0, 0.05) is 18.7 Å². The van der Waals surface area contributed by atoms with Gasteiger partial charge in [-0.1, -0.05) is 35.9 Å². The van der Waals surface area contributed by atoms with E-state index in [0.717, 1.165) is 24.4 Å². The molecule has 0 amide bonds. The fraction of sp³-hybridized carbons (Fsp3) is 0.235. The summed E-state index contributed by atoms with van der Waals surface area (Å²) < 4.78 is 5.25. The molecular weight excluding hydrogens is 248 g/mol. The first-order chi connectivity index (χ1) is 9.67. The Morgan fingerprint density at radius 2 is 2.05 bits per heavy atom. The minimum atomic E-state index is 0.614. The molecule has 20 heavy (non-hydrogen) atoms. The van der Waals surface area contributed by atoms with Gasteiger partial charge in [-0.15, -0.1) is 0 Å². The van der Waals surface area contributed by atoms with Gasteiger partial charge >= 0.3 is 0 Å². The Morgan fingerprint density at radius 3 is 2.85 bits per heavy atom. The van der Waals surface area contributed by atoms with Gasteiger partial charge in [0.25, 0.3) is 0 Å². The monoisotopic (exact) mass is 266 g/mol. The van der Waals surface area contributed by atoms with Crippen LogP contribution in [-0.2, 0) is 13.1 Å². The van der Waals surface area contributed by atoms with Gasteiger partial charge in [0.2, 0.25) is 0 Å². The summed E-state index contributed by atoms with van der Waals surface area (Å²) in [6.07, 6.45) is 0. The zero-order chi connectivity index (χ0) is 14.1. The van der Waals surface area contributed by atoms with E-state index >= 15 is 0 Å². The number of hydrogen-bond donors (Lipinski definition) is 1. The Labute approximate surface area is 119 Å². The lowest BCUT2D eigenvalue weighted by molar-refractivity contribution is 0.406. The number of hydrogen-bond acceptors (Lipinski definition) is 2. The van der Waals surface area contributed by atoms with Crippen molar-refractivity contribution in [2.75, 3.05) is 7.11 Å². The fourth-order valence-corrected chi connectivity index (χ4v) is 2.67. The zero-order valence-electron chi connectivity index (χ0n) is 11.8. The molecule has 0 spiro atoms. The Balaban J connectivity index is 1.82. The lowest BCUT2D eigenvalue weighted by Crippen LogP contribution is -2.23. The average Bonchev–Trinajstić information content (AvgIpc) is 2.75. The molecule has 2 aromatic rings. The van der Waals surface area contributed by atoms with Gasteiger partial charge in [-0.3, -0.25) is 5.41 Å². The first kappa shape index (κ1) is 12.7. The molecule has 0 unspecified atom stereocenters. The molecule has 2 aromatic carbocycles. The number of rotatable bonds is 3. The van der Waals surface area contributed by atoms with E-state index in [-0.39, 0.29) is 0 Å². The van der Waals surface area contributed by atoms with Crippen molar-refractivity contribution >= 4 is 5.84 Å². The van der Waals surface area contributed by atoms with Crippen LogP contribution in [0.5, 0.6) is 5.75 Å². The number of aryl methyl sites for hydroxylation is 1. The molecule has 0 radical (unpaired) electrons. The molecule has 3 nitrogen and oxygen atoms in total. The SMILES string of the molecule is COc1cccc(CN2Cc3cc(C)ccc3C2=N)c1. The number of nitrogens with one attached hydrogen (secondary N) is 1. The highest BCUT2D eigenvalue weighted by Gasteiger charge is 2.23. The summed E-state index contributed by atoms with van der Waals surface area (Å²) in [4.78, 5) is 2.10. The van der Waals surface area contributed by atoms with Crippen molar-refractivity contribution in [3.05, 3.63) is 64.7 Å². The summed E-state index contributed by atoms with van der Waals surface area (Å²) in [5, 5.41) is 8.30. The highest BCUT2D eigenvalue weighted by molar-refractivity contribution is 6.00. The van der Waals surface area contributed by atoms with Gasteiger partial charge in [-0.05, 0) is 30.2 Å². The van der Waals surface area contributed by atoms with Crippen molar-refractivity contribution in [1.29, 1.82) is 5.41 Å². The number of benzene rings is 2. The summed E-state index contributed by atoms with van der Waals surface area (Å²) in [6, 6.07) is 14.3. The molecule has 1 aliphatic heterocycles. The van der Waals surface area contributed by atoms with Crippen LogP contribution in [0.1, 0.15) is 22.3 Å². The van der Waals surface area contributed by atoms with Gasteiger partial charge in [0.1, 0.15) is 11.6 Å². The molecule has 1 N–H and O–H groups in total. The number of fused-ring (bicyclic) bond motifs is 1. The van der Waals surface area contributed by atoms with E-state index in [2.05, 4.69) is 36.1 Å². The maximum absolute atomic E-state index is 8.30. The van der Waals surface area contributed by atoms with Crippen LogP contribution in [0.2, 0.25) is 0 Å². The molecule has 0 saturated heterocycles. The van der Waals surface area contributed by atoms with Crippen LogP contribution in [0.3, 0.4) is 0 Å². The van der Waals surface area contributed by atoms with Gasteiger partial charge in [-0.2, -0.15) is 0 Å². The standard InChI is InChI=1S/C17H18N2O/c1-12-6-7-16-14(8-12)11-19(17(16)18)10-13-4-3-5-15(9-13)20-2/h3-9,18H,10-11H2,1-2H3. The Bertz CT molecular complexity index is 664. The Hall–Kier alpha value is -2.29. The maximum atomic E-state index is 8.30. The lowest BCUT2D eigenvalue weighted by Gasteiger charge is -2.18. The van der Waals surface area contributed by atoms with Crippen LogP contribution in [0.15, 0.2) is 42.5 Å². The molecule has 0 atom stereocenters. The molecule has 0 bridgehead atoms. The summed E-state index contributed by atoms with van der Waals surface area (Å²) in [5.41, 5.74) is 4.72. The lowest BCUT2D eigenvalue weighted by atomic mass is 10.1. The first-order valence-corrected chi connectivity index (χ1v) is 6.73. The molecular formula is C17H18N2O. The largest absolute Gasteiger partial charge is 0.497 e. The molecule has 102 valence electrons. The number of methoxy groups -OCH3 is 1. The van der Waals surface area contributed by atoms with Crippen molar-refractivity contribution in [3.63, 3.8) is 0 Å². The maximum Gasteiger partial charge on any atom is 0.129 e. The smallest absolute Gasteiger partial charge is 0.129 e. The second-order valence-corrected chi connectivity index (χ2v) is 5.22. The van der Waals surface area contributed by atoms with Crippen LogP contribution >= 0.6 is 0 Å². The van der Waals surface area contributed by atoms with E-state index in [1.165, 1.54) is 16.7 Å². The summed E-state index contributed by atoms with van der Waals surface area (Å²) in [7, 11) is 1.68. The molecule has 3 rings (SSSR count). The first-order valence-electron chi connectivity index (χ1n) is 6.73. The van der Waals surface area contributed by atoms with Crippen LogP contribution in [-0.4, -0.2) is 17.8 Å². The number of nitrogens with zero attached hydrogens (tertiary/aromatic N) is 1. The van der Waals surface area contributed by atoms with Crippen LogP contribution in [0.25, 0.3) is 0 Å². The Kier molecular flexibility index (Phi) is 3.18. The molecule has 1 aliphatic rings. The van der Waals surface area contributed by atoms with Crippen molar-refractivity contribution in [3.8, 4) is 5.75 Å². The van der Waals surface area contributed by atoms with Crippen LogP contribution in [0.4, 0.5) is 0 Å². The van der Waals surface area contributed by atoms with Crippen molar-refractivity contribution in [2.24, 2.45) is 0 Å². The van der Waals surface area contributed by atoms with Crippen LogP contribution in [0, 0.1) is 12.3 Å². The van der Waals surface area contributed by atoms with E-state index in [4.69, 9.17) is 10.1 Å². The minimum absolute atomic E-state index is 0.614. The van der Waals surface area contributed by atoms with Gasteiger partial charge in [0.15, 0.2) is 0 Å². The normalized spacial score (nSPS) is 13.5. The van der Waals surface area contributed by atoms with E-state index in [1.807, 2.05) is 18.2 Å². The zero-order valence-corrected chi connectivity index (χ0v) is 11.8. The molecule has 3 heteroatoms.